The molecule has 0 spiro atoms. The van der Waals surface area contributed by atoms with Crippen LogP contribution in [0.4, 0.5) is 0 Å². The fourth-order valence-corrected chi connectivity index (χ4v) is 4.97. The molecule has 0 saturated heterocycles. The van der Waals surface area contributed by atoms with Gasteiger partial charge in [0.25, 0.3) is 0 Å². The average Bonchev–Trinajstić information content (AvgIpc) is 2.58. The molecule has 0 aromatic carbocycles. The molecule has 1 fully saturated rings. The van der Waals surface area contributed by atoms with E-state index in [0.29, 0.717) is 0 Å². The molecule has 0 aromatic heterocycles. The lowest BCUT2D eigenvalue weighted by atomic mass is 9.76. The Hall–Kier alpha value is 0.217. The third-order valence-corrected chi connectivity index (χ3v) is 6.13. The first-order valence-electron chi connectivity index (χ1n) is 6.61. The molecule has 0 aromatic rings. The maximum Gasteiger partial charge on any atom is 0.00710 e. The summed E-state index contributed by atoms with van der Waals surface area (Å²) >= 11 is 0. The monoisotopic (exact) mass is 212 g/mol. The van der Waals surface area contributed by atoms with Gasteiger partial charge in [-0.2, -0.15) is 0 Å². The summed E-state index contributed by atoms with van der Waals surface area (Å²) in [5, 5.41) is 0. The largest absolute Gasteiger partial charge is 0.0651 e. The highest BCUT2D eigenvalue weighted by Gasteiger charge is 2.38. The maximum absolute atomic E-state index is 2.48. The quantitative estimate of drug-likeness (QED) is 0.628. The highest BCUT2D eigenvalue weighted by molar-refractivity contribution is 6.12. The second kappa shape index (κ2) is 5.34. The minimum atomic E-state index is 0.966. The summed E-state index contributed by atoms with van der Waals surface area (Å²) in [6.07, 6.45) is 5.83. The maximum atomic E-state index is 2.48. The van der Waals surface area contributed by atoms with Crippen molar-refractivity contribution in [1.29, 1.82) is 0 Å². The van der Waals surface area contributed by atoms with Gasteiger partial charge in [-0.25, -0.2) is 0 Å². The van der Waals surface area contributed by atoms with Gasteiger partial charge in [0.2, 0.25) is 0 Å². The Kier molecular flexibility index (Phi) is 4.69. The van der Waals surface area contributed by atoms with Crippen molar-refractivity contribution in [3.05, 3.63) is 0 Å². The molecule has 5 unspecified atom stereocenters. The van der Waals surface area contributed by atoms with Crippen LogP contribution in [0.25, 0.3) is 0 Å². The van der Waals surface area contributed by atoms with E-state index >= 15 is 0 Å². The van der Waals surface area contributed by atoms with E-state index < -0.39 is 0 Å². The van der Waals surface area contributed by atoms with Crippen molar-refractivity contribution in [1.82, 2.24) is 0 Å². The Labute approximate surface area is 93.3 Å². The molecule has 14 heavy (non-hydrogen) atoms. The van der Waals surface area contributed by atoms with Crippen LogP contribution >= 0.6 is 0 Å². The Morgan fingerprint density at radius 3 is 2.14 bits per heavy atom. The number of rotatable bonds is 4. The summed E-state index contributed by atoms with van der Waals surface area (Å²) < 4.78 is 0. The van der Waals surface area contributed by atoms with Crippen LogP contribution in [-0.2, 0) is 0 Å². The molecule has 84 valence electrons. The first-order valence-corrected chi connectivity index (χ1v) is 7.77. The minimum absolute atomic E-state index is 0.966. The van der Waals surface area contributed by atoms with E-state index in [-0.39, 0.29) is 0 Å². The van der Waals surface area contributed by atoms with Crippen molar-refractivity contribution in [2.24, 2.45) is 23.7 Å². The van der Waals surface area contributed by atoms with Crippen LogP contribution < -0.4 is 0 Å². The van der Waals surface area contributed by atoms with Crippen molar-refractivity contribution in [3.8, 4) is 0 Å². The lowest BCUT2D eigenvalue weighted by molar-refractivity contribution is 0.205. The molecule has 0 radical (unpaired) electrons. The van der Waals surface area contributed by atoms with Gasteiger partial charge in [-0.05, 0) is 30.1 Å². The highest BCUT2D eigenvalue weighted by atomic mass is 28.1. The summed E-state index contributed by atoms with van der Waals surface area (Å²) in [5.41, 5.74) is 1.11. The van der Waals surface area contributed by atoms with Crippen LogP contribution in [0, 0.1) is 23.7 Å². The van der Waals surface area contributed by atoms with Crippen LogP contribution in [0.1, 0.15) is 53.4 Å². The first kappa shape index (κ1) is 12.3. The fourth-order valence-electron chi connectivity index (χ4n) is 3.48. The highest BCUT2D eigenvalue weighted by Crippen LogP contribution is 2.48. The van der Waals surface area contributed by atoms with Gasteiger partial charge in [0.05, 0.1) is 0 Å². The molecule has 0 N–H and O–H groups in total. The molecule has 1 heteroatoms. The number of hydrogen-bond donors (Lipinski definition) is 0. The predicted octanol–water partition coefficient (Wildman–Crippen LogP) is 3.26. The van der Waals surface area contributed by atoms with Gasteiger partial charge in [0.1, 0.15) is 0 Å². The Balaban J connectivity index is 2.66. The summed E-state index contributed by atoms with van der Waals surface area (Å²) in [7, 11) is 1.43. The molecule has 0 heterocycles. The van der Waals surface area contributed by atoms with E-state index in [1.165, 1.54) is 35.9 Å². The predicted molar refractivity (Wildman–Crippen MR) is 68.8 cm³/mol. The topological polar surface area (TPSA) is 0 Å². The lowest BCUT2D eigenvalue weighted by Gasteiger charge is -2.32. The number of hydrogen-bond acceptors (Lipinski definition) is 0. The smallest absolute Gasteiger partial charge is 0.00710 e. The molecule has 1 aliphatic carbocycles. The normalized spacial score (nSPS) is 37.3. The summed E-state index contributed by atoms with van der Waals surface area (Å²) in [6.45, 7) is 9.68. The van der Waals surface area contributed by atoms with Crippen LogP contribution in [0.2, 0.25) is 5.54 Å². The van der Waals surface area contributed by atoms with Gasteiger partial charge in [0, 0.05) is 10.2 Å². The van der Waals surface area contributed by atoms with Crippen LogP contribution in [0.3, 0.4) is 0 Å². The molecule has 1 rings (SSSR count). The third-order valence-electron chi connectivity index (χ3n) is 4.78. The van der Waals surface area contributed by atoms with E-state index in [1.807, 2.05) is 0 Å². The Bertz CT molecular complexity index is 167. The van der Waals surface area contributed by atoms with Crippen LogP contribution in [0.5, 0.6) is 0 Å². The molecule has 1 saturated carbocycles. The molecule has 0 amide bonds. The average molecular weight is 212 g/mol. The van der Waals surface area contributed by atoms with Crippen molar-refractivity contribution >= 4 is 10.2 Å². The van der Waals surface area contributed by atoms with Gasteiger partial charge >= 0.3 is 0 Å². The van der Waals surface area contributed by atoms with Crippen molar-refractivity contribution in [2.75, 3.05) is 0 Å². The van der Waals surface area contributed by atoms with Crippen LogP contribution in [0.15, 0.2) is 0 Å². The summed E-state index contributed by atoms with van der Waals surface area (Å²) in [4.78, 5) is 0. The fraction of sp³-hybridized carbons (Fsp3) is 1.00. The lowest BCUT2D eigenvalue weighted by Crippen LogP contribution is -2.24. The molecular formula is C13H28Si. The van der Waals surface area contributed by atoms with Crippen molar-refractivity contribution in [2.45, 2.75) is 58.9 Å². The summed E-state index contributed by atoms with van der Waals surface area (Å²) in [6, 6.07) is 0. The van der Waals surface area contributed by atoms with E-state index in [9.17, 15) is 0 Å². The molecular weight excluding hydrogens is 184 g/mol. The third kappa shape index (κ3) is 2.42. The summed E-state index contributed by atoms with van der Waals surface area (Å²) in [5.74, 6) is 4.06. The van der Waals surface area contributed by atoms with Gasteiger partial charge in [-0.3, -0.25) is 0 Å². The second-order valence-corrected chi connectivity index (χ2v) is 7.05. The van der Waals surface area contributed by atoms with E-state index in [1.54, 1.807) is 0 Å². The van der Waals surface area contributed by atoms with E-state index in [2.05, 4.69) is 27.7 Å². The zero-order valence-electron chi connectivity index (χ0n) is 10.7. The zero-order valence-corrected chi connectivity index (χ0v) is 12.7. The molecule has 0 aliphatic heterocycles. The van der Waals surface area contributed by atoms with Crippen LogP contribution in [-0.4, -0.2) is 10.2 Å². The Morgan fingerprint density at radius 2 is 1.64 bits per heavy atom. The van der Waals surface area contributed by atoms with Gasteiger partial charge in [0.15, 0.2) is 0 Å². The van der Waals surface area contributed by atoms with E-state index in [4.69, 9.17) is 0 Å². The standard InChI is InChI=1S/C13H28Si/c1-5-9(3)11-7-8-12(14)13(11)10(4)6-2/h9-13H,5-8H2,1-4,14H3. The Morgan fingerprint density at radius 1 is 1.07 bits per heavy atom. The van der Waals surface area contributed by atoms with Gasteiger partial charge in [-0.1, -0.05) is 52.5 Å². The minimum Gasteiger partial charge on any atom is -0.0651 e. The molecule has 0 bridgehead atoms. The molecule has 5 atom stereocenters. The SMILES string of the molecule is CCC(C)C1CCC([SiH3])C1C(C)CC. The molecule has 0 nitrogen and oxygen atoms in total. The second-order valence-electron chi connectivity index (χ2n) is 5.57. The van der Waals surface area contributed by atoms with E-state index in [0.717, 1.165) is 29.2 Å². The van der Waals surface area contributed by atoms with Gasteiger partial charge in [-0.15, -0.1) is 0 Å². The zero-order chi connectivity index (χ0) is 10.7. The van der Waals surface area contributed by atoms with Crippen molar-refractivity contribution in [3.63, 3.8) is 0 Å². The van der Waals surface area contributed by atoms with Gasteiger partial charge < -0.3 is 0 Å². The first-order chi connectivity index (χ1) is 6.61. The molecule has 1 aliphatic rings. The van der Waals surface area contributed by atoms with Crippen molar-refractivity contribution < 1.29 is 0 Å².